The van der Waals surface area contributed by atoms with Gasteiger partial charge in [0.2, 0.25) is 0 Å². The van der Waals surface area contributed by atoms with Gasteiger partial charge in [0.1, 0.15) is 5.75 Å². The Bertz CT molecular complexity index is 1280. The maximum atomic E-state index is 13.1. The van der Waals surface area contributed by atoms with Crippen molar-refractivity contribution in [3.05, 3.63) is 112 Å². The summed E-state index contributed by atoms with van der Waals surface area (Å²) in [7, 11) is 1.60. The molecule has 6 nitrogen and oxygen atoms in total. The Balaban J connectivity index is 1.61. The smallest absolute Gasteiger partial charge is 0.271 e. The van der Waals surface area contributed by atoms with Crippen LogP contribution in [0.2, 0.25) is 0 Å². The lowest BCUT2D eigenvalue weighted by Gasteiger charge is -2.07. The van der Waals surface area contributed by atoms with Gasteiger partial charge in [0, 0.05) is 21.8 Å². The van der Waals surface area contributed by atoms with Gasteiger partial charge in [0.25, 0.3) is 5.91 Å². The van der Waals surface area contributed by atoms with Crippen molar-refractivity contribution in [2.75, 3.05) is 7.11 Å². The molecule has 4 aromatic rings. The number of hydrogen-bond acceptors (Lipinski definition) is 4. The van der Waals surface area contributed by atoms with Crippen molar-refractivity contribution < 1.29 is 9.53 Å². The molecule has 0 atom stereocenters. The number of carbonyl (C=O) groups excluding carboxylic acids is 1. The molecule has 0 spiro atoms. The number of benzene rings is 3. The van der Waals surface area contributed by atoms with Crippen molar-refractivity contribution in [1.82, 2.24) is 15.2 Å². The predicted octanol–water partition coefficient (Wildman–Crippen LogP) is 5.33. The Kier molecular flexibility index (Phi) is 7.12. The molecule has 0 saturated carbocycles. The van der Waals surface area contributed by atoms with Gasteiger partial charge in [-0.2, -0.15) is 10.2 Å². The Hall–Kier alpha value is -3.97. The molecule has 1 aromatic heterocycles. The third-order valence-electron chi connectivity index (χ3n) is 4.83. The van der Waals surface area contributed by atoms with Crippen LogP contribution in [-0.4, -0.2) is 29.0 Å². The van der Waals surface area contributed by atoms with Crippen LogP contribution in [0.4, 0.5) is 0 Å². The zero-order chi connectivity index (χ0) is 23.0. The molecule has 0 unspecified atom stereocenters. The average molecular weight is 501 g/mol. The summed E-state index contributed by atoms with van der Waals surface area (Å²) in [5.41, 5.74) is 6.41. The maximum absolute atomic E-state index is 13.1. The summed E-state index contributed by atoms with van der Waals surface area (Å²) in [6.07, 6.45) is 6.98. The largest absolute Gasteiger partial charge is 0.497 e. The summed E-state index contributed by atoms with van der Waals surface area (Å²) in [6.45, 7) is 0. The molecule has 0 aliphatic carbocycles. The van der Waals surface area contributed by atoms with Gasteiger partial charge in [-0.05, 0) is 53.6 Å². The number of rotatable bonds is 7. The van der Waals surface area contributed by atoms with Crippen molar-refractivity contribution in [2.24, 2.45) is 5.10 Å². The zero-order valence-corrected chi connectivity index (χ0v) is 19.4. The first kappa shape index (κ1) is 22.2. The minimum atomic E-state index is -0.332. The topological polar surface area (TPSA) is 68.5 Å². The van der Waals surface area contributed by atoms with E-state index in [9.17, 15) is 4.79 Å². The molecule has 0 aliphatic rings. The van der Waals surface area contributed by atoms with Gasteiger partial charge in [0.15, 0.2) is 0 Å². The van der Waals surface area contributed by atoms with Crippen LogP contribution in [0, 0.1) is 0 Å². The third-order valence-corrected chi connectivity index (χ3v) is 5.36. The van der Waals surface area contributed by atoms with Gasteiger partial charge < -0.3 is 4.74 Å². The first-order valence-electron chi connectivity index (χ1n) is 10.2. The summed E-state index contributed by atoms with van der Waals surface area (Å²) in [5.74, 6) is 0.379. The highest BCUT2D eigenvalue weighted by molar-refractivity contribution is 9.10. The second-order valence-corrected chi connectivity index (χ2v) is 8.01. The molecule has 164 valence electrons. The number of hydrazone groups is 1. The van der Waals surface area contributed by atoms with E-state index in [0.29, 0.717) is 11.3 Å². The highest BCUT2D eigenvalue weighted by Crippen LogP contribution is 2.22. The van der Waals surface area contributed by atoms with Gasteiger partial charge >= 0.3 is 0 Å². The van der Waals surface area contributed by atoms with Crippen LogP contribution in [0.5, 0.6) is 5.75 Å². The van der Waals surface area contributed by atoms with Crippen LogP contribution in [-0.2, 0) is 4.79 Å². The van der Waals surface area contributed by atoms with Crippen LogP contribution in [0.1, 0.15) is 16.7 Å². The molecule has 1 amide bonds. The van der Waals surface area contributed by atoms with Crippen LogP contribution in [0.15, 0.2) is 101 Å². The average Bonchev–Trinajstić information content (AvgIpc) is 3.33. The normalized spacial score (nSPS) is 11.5. The Morgan fingerprint density at radius 3 is 2.42 bits per heavy atom. The highest BCUT2D eigenvalue weighted by Gasteiger charge is 2.13. The van der Waals surface area contributed by atoms with Crippen LogP contribution < -0.4 is 10.2 Å². The fourth-order valence-electron chi connectivity index (χ4n) is 3.12. The van der Waals surface area contributed by atoms with E-state index in [1.807, 2.05) is 85.1 Å². The van der Waals surface area contributed by atoms with E-state index in [1.54, 1.807) is 30.3 Å². The first-order valence-corrected chi connectivity index (χ1v) is 11.0. The van der Waals surface area contributed by atoms with E-state index < -0.39 is 0 Å². The Morgan fingerprint density at radius 1 is 1.00 bits per heavy atom. The van der Waals surface area contributed by atoms with Crippen LogP contribution >= 0.6 is 15.9 Å². The van der Waals surface area contributed by atoms with Crippen molar-refractivity contribution in [2.45, 2.75) is 0 Å². The molecule has 0 aliphatic heterocycles. The van der Waals surface area contributed by atoms with Gasteiger partial charge in [-0.15, -0.1) is 0 Å². The van der Waals surface area contributed by atoms with Crippen molar-refractivity contribution in [1.29, 1.82) is 0 Å². The van der Waals surface area contributed by atoms with E-state index in [-0.39, 0.29) is 5.91 Å². The number of para-hydroxylation sites is 1. The molecule has 33 heavy (non-hydrogen) atoms. The standard InChI is InChI=1S/C26H21BrN4O2/c1-33-24-13-9-21(10-14-24)25(26(32)30-28-16-19-7-11-22(27)12-8-19)15-20-17-29-31(18-20)23-5-3-2-4-6-23/h2-18H,1H3,(H,30,32)/b25-15+,28-16+. The Morgan fingerprint density at radius 2 is 1.73 bits per heavy atom. The molecule has 3 aromatic carbocycles. The molecule has 0 radical (unpaired) electrons. The van der Waals surface area contributed by atoms with Gasteiger partial charge in [-0.1, -0.05) is 58.4 Å². The molecule has 0 saturated heterocycles. The van der Waals surface area contributed by atoms with Gasteiger partial charge in [-0.3, -0.25) is 4.79 Å². The van der Waals surface area contributed by atoms with E-state index in [1.165, 1.54) is 0 Å². The SMILES string of the molecule is COc1ccc(/C(=C\c2cnn(-c3ccccc3)c2)C(=O)N/N=C/c2ccc(Br)cc2)cc1. The lowest BCUT2D eigenvalue weighted by atomic mass is 10.0. The van der Waals surface area contributed by atoms with Gasteiger partial charge in [-0.25, -0.2) is 10.1 Å². The lowest BCUT2D eigenvalue weighted by molar-refractivity contribution is -0.115. The number of nitrogens with zero attached hydrogens (tertiary/aromatic N) is 3. The minimum absolute atomic E-state index is 0.332. The Labute approximate surface area is 200 Å². The number of hydrogen-bond donors (Lipinski definition) is 1. The molecular weight excluding hydrogens is 480 g/mol. The lowest BCUT2D eigenvalue weighted by Crippen LogP contribution is -2.19. The second kappa shape index (κ2) is 10.6. The fraction of sp³-hybridized carbons (Fsp3) is 0.0385. The van der Waals surface area contributed by atoms with Crippen LogP contribution in [0.25, 0.3) is 17.3 Å². The summed E-state index contributed by atoms with van der Waals surface area (Å²) in [4.78, 5) is 13.1. The monoisotopic (exact) mass is 500 g/mol. The predicted molar refractivity (Wildman–Crippen MR) is 134 cm³/mol. The van der Waals surface area contributed by atoms with E-state index in [0.717, 1.165) is 26.9 Å². The summed E-state index contributed by atoms with van der Waals surface area (Å²) >= 11 is 3.40. The van der Waals surface area contributed by atoms with Crippen molar-refractivity contribution >= 4 is 39.7 Å². The van der Waals surface area contributed by atoms with E-state index in [2.05, 4.69) is 31.6 Å². The molecule has 1 heterocycles. The first-order chi connectivity index (χ1) is 16.1. The molecule has 7 heteroatoms. The summed E-state index contributed by atoms with van der Waals surface area (Å²) in [6, 6.07) is 24.7. The third kappa shape index (κ3) is 5.84. The molecule has 4 rings (SSSR count). The van der Waals surface area contributed by atoms with E-state index >= 15 is 0 Å². The number of aromatic nitrogens is 2. The van der Waals surface area contributed by atoms with Crippen molar-refractivity contribution in [3.63, 3.8) is 0 Å². The zero-order valence-electron chi connectivity index (χ0n) is 17.9. The number of carbonyl (C=O) groups is 1. The number of ether oxygens (including phenoxy) is 1. The fourth-order valence-corrected chi connectivity index (χ4v) is 3.39. The van der Waals surface area contributed by atoms with E-state index in [4.69, 9.17) is 4.74 Å². The van der Waals surface area contributed by atoms with Crippen molar-refractivity contribution in [3.8, 4) is 11.4 Å². The number of methoxy groups -OCH3 is 1. The summed E-state index contributed by atoms with van der Waals surface area (Å²) in [5, 5.41) is 8.54. The minimum Gasteiger partial charge on any atom is -0.497 e. The number of halogens is 1. The summed E-state index contributed by atoms with van der Waals surface area (Å²) < 4.78 is 7.98. The quantitative estimate of drug-likeness (QED) is 0.211. The number of amides is 1. The highest BCUT2D eigenvalue weighted by atomic mass is 79.9. The number of nitrogens with one attached hydrogen (secondary N) is 1. The maximum Gasteiger partial charge on any atom is 0.271 e. The molecule has 0 bridgehead atoms. The molecule has 1 N–H and O–H groups in total. The van der Waals surface area contributed by atoms with Gasteiger partial charge in [0.05, 0.1) is 25.2 Å². The van der Waals surface area contributed by atoms with Crippen LogP contribution in [0.3, 0.4) is 0 Å². The second-order valence-electron chi connectivity index (χ2n) is 7.09. The molecule has 0 fully saturated rings. The molecular formula is C26H21BrN4O2.